The maximum absolute atomic E-state index is 13.8. The lowest BCUT2D eigenvalue weighted by Crippen LogP contribution is -2.51. The summed E-state index contributed by atoms with van der Waals surface area (Å²) in [6.45, 7) is 8.30. The van der Waals surface area contributed by atoms with Crippen molar-refractivity contribution in [2.24, 2.45) is 0 Å². The second kappa shape index (κ2) is 11.4. The Hall–Kier alpha value is -3.81. The molecule has 0 atom stereocenters. The van der Waals surface area contributed by atoms with Gasteiger partial charge in [-0.1, -0.05) is 18.5 Å². The molecular weight excluding hydrogens is 591 g/mol. The van der Waals surface area contributed by atoms with Gasteiger partial charge in [0.2, 0.25) is 11.7 Å². The Morgan fingerprint density at radius 2 is 1.79 bits per heavy atom. The number of nitrogens with one attached hydrogen (secondary N) is 1. The lowest BCUT2D eigenvalue weighted by molar-refractivity contribution is -0.137. The maximum Gasteiger partial charge on any atom is 0.416 e. The van der Waals surface area contributed by atoms with Crippen LogP contribution in [0.3, 0.4) is 0 Å². The van der Waals surface area contributed by atoms with E-state index in [2.05, 4.69) is 15.4 Å². The quantitative estimate of drug-likeness (QED) is 0.423. The van der Waals surface area contributed by atoms with Crippen LogP contribution in [0, 0.1) is 0 Å². The highest BCUT2D eigenvalue weighted by Gasteiger charge is 2.34. The van der Waals surface area contributed by atoms with Crippen LogP contribution in [0.2, 0.25) is 5.02 Å². The van der Waals surface area contributed by atoms with Crippen molar-refractivity contribution >= 4 is 40.8 Å². The summed E-state index contributed by atoms with van der Waals surface area (Å²) in [5.41, 5.74) is -1.02. The van der Waals surface area contributed by atoms with Gasteiger partial charge in [-0.05, 0) is 58.2 Å². The number of amides is 2. The van der Waals surface area contributed by atoms with Gasteiger partial charge in [0, 0.05) is 32.1 Å². The van der Waals surface area contributed by atoms with Crippen molar-refractivity contribution in [2.75, 3.05) is 36.4 Å². The minimum absolute atomic E-state index is 0.0217. The molecule has 2 aromatic heterocycles. The third kappa shape index (κ3) is 6.58. The molecule has 0 radical (unpaired) electrons. The van der Waals surface area contributed by atoms with Gasteiger partial charge < -0.3 is 24.4 Å². The Morgan fingerprint density at radius 1 is 1.12 bits per heavy atom. The van der Waals surface area contributed by atoms with Crippen molar-refractivity contribution in [3.8, 4) is 0 Å². The minimum Gasteiger partial charge on any atom is -0.444 e. The number of aromatic nitrogens is 4. The Labute approximate surface area is 250 Å². The van der Waals surface area contributed by atoms with Crippen molar-refractivity contribution < 1.29 is 27.5 Å². The molecule has 1 aliphatic heterocycles. The molecule has 11 nitrogen and oxygen atoms in total. The molecule has 232 valence electrons. The number of carbonyl (C=O) groups excluding carboxylic acids is 2. The summed E-state index contributed by atoms with van der Waals surface area (Å²) >= 11 is 6.07. The zero-order chi connectivity index (χ0) is 31.3. The number of ether oxygens (including phenoxy) is 1. The molecule has 1 saturated heterocycles. The average Bonchev–Trinajstić information content (AvgIpc) is 3.67. The van der Waals surface area contributed by atoms with Gasteiger partial charge in [-0.2, -0.15) is 22.7 Å². The van der Waals surface area contributed by atoms with Crippen molar-refractivity contribution in [1.29, 1.82) is 0 Å². The monoisotopic (exact) mass is 623 g/mol. The number of rotatable bonds is 6. The molecule has 1 aromatic carbocycles. The number of nitrogens with zero attached hydrogens (tertiary/aromatic N) is 6. The summed E-state index contributed by atoms with van der Waals surface area (Å²) in [5.74, 6) is 0.288. The normalized spacial score (nSPS) is 16.1. The summed E-state index contributed by atoms with van der Waals surface area (Å²) in [5, 5.41) is 6.81. The molecule has 1 N–H and O–H groups in total. The number of halogens is 4. The Balaban J connectivity index is 1.46. The van der Waals surface area contributed by atoms with E-state index >= 15 is 0 Å². The first-order valence-corrected chi connectivity index (χ1v) is 14.5. The van der Waals surface area contributed by atoms with Crippen LogP contribution in [0.15, 0.2) is 23.0 Å². The fourth-order valence-electron chi connectivity index (χ4n) is 5.02. The molecule has 2 aliphatic rings. The fraction of sp³-hybridized carbons (Fsp3) is 0.536. The van der Waals surface area contributed by atoms with Crippen LogP contribution in [0.5, 0.6) is 0 Å². The van der Waals surface area contributed by atoms with Crippen LogP contribution in [-0.4, -0.2) is 67.8 Å². The second-order valence-electron chi connectivity index (χ2n) is 11.7. The summed E-state index contributed by atoms with van der Waals surface area (Å²) in [6, 6.07) is 2.69. The number of carbonyl (C=O) groups is 2. The molecule has 1 saturated carbocycles. The maximum atomic E-state index is 13.8. The van der Waals surface area contributed by atoms with Crippen molar-refractivity contribution in [2.45, 2.75) is 71.2 Å². The van der Waals surface area contributed by atoms with Gasteiger partial charge >= 0.3 is 12.3 Å². The van der Waals surface area contributed by atoms with Crippen molar-refractivity contribution in [3.05, 3.63) is 50.7 Å². The van der Waals surface area contributed by atoms with Gasteiger partial charge in [0.15, 0.2) is 5.82 Å². The van der Waals surface area contributed by atoms with Crippen LogP contribution in [0.25, 0.3) is 5.78 Å². The van der Waals surface area contributed by atoms with E-state index in [1.807, 2.05) is 11.8 Å². The Kier molecular flexibility index (Phi) is 8.09. The SMILES string of the molecule is CCc1c(N2CCN(C(=O)OC(C)(C)C)CC2)c(=O)n2nc(C3CC3)nc2n1CC(=O)Nc1ccc(C(F)(F)F)cc1Cl. The van der Waals surface area contributed by atoms with E-state index in [0.717, 1.165) is 31.0 Å². The number of anilines is 2. The van der Waals surface area contributed by atoms with Crippen LogP contribution in [0.4, 0.5) is 29.3 Å². The van der Waals surface area contributed by atoms with E-state index in [0.29, 0.717) is 49.8 Å². The van der Waals surface area contributed by atoms with Gasteiger partial charge in [-0.25, -0.2) is 4.79 Å². The molecule has 0 unspecified atom stereocenters. The number of hydrogen-bond donors (Lipinski definition) is 1. The molecule has 3 heterocycles. The standard InChI is InChI=1S/C28H33ClF3N7O4/c1-5-20-22(36-10-12-37(13-11-36)26(42)43-27(2,3)4)24(41)39-25(34-23(35-39)16-6-7-16)38(20)15-21(40)33-19-9-8-17(14-18(19)29)28(30,31)32/h8-9,14,16H,5-7,10-13,15H2,1-4H3,(H,33,40). The topological polar surface area (TPSA) is 114 Å². The lowest BCUT2D eigenvalue weighted by Gasteiger charge is -2.37. The van der Waals surface area contributed by atoms with E-state index in [9.17, 15) is 27.6 Å². The van der Waals surface area contributed by atoms with Gasteiger partial charge in [0.25, 0.3) is 5.56 Å². The van der Waals surface area contributed by atoms with Crippen LogP contribution >= 0.6 is 11.6 Å². The number of alkyl halides is 3. The fourth-order valence-corrected chi connectivity index (χ4v) is 5.25. The molecule has 3 aromatic rings. The Morgan fingerprint density at radius 3 is 2.35 bits per heavy atom. The van der Waals surface area contributed by atoms with Gasteiger partial charge in [-0.15, -0.1) is 5.10 Å². The first kappa shape index (κ1) is 30.6. The molecule has 0 bridgehead atoms. The predicted molar refractivity (Wildman–Crippen MR) is 154 cm³/mol. The zero-order valence-corrected chi connectivity index (χ0v) is 25.1. The Bertz CT molecular complexity index is 1620. The van der Waals surface area contributed by atoms with E-state index < -0.39 is 29.3 Å². The first-order chi connectivity index (χ1) is 20.2. The molecule has 0 spiro atoms. The molecule has 5 rings (SSSR count). The number of fused-ring (bicyclic) bond motifs is 1. The number of benzene rings is 1. The smallest absolute Gasteiger partial charge is 0.416 e. The lowest BCUT2D eigenvalue weighted by atomic mass is 10.2. The van der Waals surface area contributed by atoms with Crippen LogP contribution in [0.1, 0.15) is 63.5 Å². The zero-order valence-electron chi connectivity index (χ0n) is 24.3. The van der Waals surface area contributed by atoms with Crippen LogP contribution in [-0.2, 0) is 28.7 Å². The summed E-state index contributed by atoms with van der Waals surface area (Å²) in [6.07, 6.45) is -2.84. The summed E-state index contributed by atoms with van der Waals surface area (Å²) in [7, 11) is 0. The molecular formula is C28H33ClF3N7O4. The largest absolute Gasteiger partial charge is 0.444 e. The number of piperazine rings is 1. The first-order valence-electron chi connectivity index (χ1n) is 14.1. The highest BCUT2D eigenvalue weighted by atomic mass is 35.5. The van der Waals surface area contributed by atoms with Gasteiger partial charge in [-0.3, -0.25) is 9.59 Å². The summed E-state index contributed by atoms with van der Waals surface area (Å²) in [4.78, 5) is 47.8. The van der Waals surface area contributed by atoms with Gasteiger partial charge in [0.05, 0.1) is 22.0 Å². The predicted octanol–water partition coefficient (Wildman–Crippen LogP) is 4.70. The third-order valence-corrected chi connectivity index (χ3v) is 7.55. The van der Waals surface area contributed by atoms with Crippen LogP contribution < -0.4 is 15.8 Å². The summed E-state index contributed by atoms with van der Waals surface area (Å²) < 4.78 is 47.5. The molecule has 15 heteroatoms. The highest BCUT2D eigenvalue weighted by Crippen LogP contribution is 2.38. The second-order valence-corrected chi connectivity index (χ2v) is 12.1. The number of hydrogen-bond acceptors (Lipinski definition) is 7. The van der Waals surface area contributed by atoms with E-state index in [1.54, 1.807) is 30.2 Å². The minimum atomic E-state index is -4.58. The molecule has 43 heavy (non-hydrogen) atoms. The van der Waals surface area contributed by atoms with Crippen molar-refractivity contribution in [3.63, 3.8) is 0 Å². The molecule has 2 fully saturated rings. The highest BCUT2D eigenvalue weighted by molar-refractivity contribution is 6.33. The van der Waals surface area contributed by atoms with Crippen molar-refractivity contribution in [1.82, 2.24) is 24.1 Å². The third-order valence-electron chi connectivity index (χ3n) is 7.24. The molecule has 1 aliphatic carbocycles. The van der Waals surface area contributed by atoms with E-state index in [1.165, 1.54) is 4.52 Å². The molecule has 2 amide bonds. The van der Waals surface area contributed by atoms with Gasteiger partial charge in [0.1, 0.15) is 17.8 Å². The average molecular weight is 624 g/mol. The van der Waals surface area contributed by atoms with E-state index in [-0.39, 0.29) is 34.5 Å². The van der Waals surface area contributed by atoms with E-state index in [4.69, 9.17) is 16.3 Å².